The highest BCUT2D eigenvalue weighted by Crippen LogP contribution is 2.31. The Morgan fingerprint density at radius 3 is 0.542 bits per heavy atom. The number of amides is 2. The van der Waals surface area contributed by atoms with Crippen LogP contribution < -0.4 is 40.8 Å². The molecule has 23 N–H and O–H groups in total. The first-order chi connectivity index (χ1) is 67.8. The highest BCUT2D eigenvalue weighted by atomic mass is 16.5. The highest BCUT2D eigenvalue weighted by molar-refractivity contribution is 6.09. The average molecular weight is 1980 g/mol. The number of benzene rings is 10. The molecule has 12 aromatic rings. The number of Topliss-reactive ketones (excluding diaryl/α,β-unsaturated/α-hetero) is 1. The van der Waals surface area contributed by atoms with Crippen LogP contribution in [-0.2, 0) is 26.2 Å². The summed E-state index contributed by atoms with van der Waals surface area (Å²) in [5.74, 6) is -34.1. The molecule has 2 amide bonds. The second-order valence-electron chi connectivity index (χ2n) is 29.2. The zero-order valence-electron chi connectivity index (χ0n) is 71.7. The van der Waals surface area contributed by atoms with Crippen LogP contribution in [0.15, 0.2) is 182 Å². The lowest BCUT2D eigenvalue weighted by molar-refractivity contribution is 0.0675. The van der Waals surface area contributed by atoms with E-state index in [1.54, 1.807) is 18.2 Å². The lowest BCUT2D eigenvalue weighted by Gasteiger charge is -2.14. The minimum atomic E-state index is -1.56. The first kappa shape index (κ1) is 104. The van der Waals surface area contributed by atoms with Gasteiger partial charge in [-0.3, -0.25) is 14.4 Å². The van der Waals surface area contributed by atoms with E-state index < -0.39 is 227 Å². The summed E-state index contributed by atoms with van der Waals surface area (Å²) in [5, 5.41) is 181. The molecule has 12 rings (SSSR count). The fourth-order valence-corrected chi connectivity index (χ4v) is 12.4. The topological polar surface area (TPSA) is 888 Å². The molecular formula is C91H61N11O42. The number of nitrogens with one attached hydrogen (secondary N) is 5. The van der Waals surface area contributed by atoms with Gasteiger partial charge in [0.25, 0.3) is 11.8 Å². The zero-order chi connectivity index (χ0) is 106. The summed E-state index contributed by atoms with van der Waals surface area (Å²) < 4.78 is 17.1. The third-order valence-corrected chi connectivity index (χ3v) is 18.7. The largest absolute Gasteiger partial charge is 0.489 e. The number of carboxylic acid groups (broad SMARTS) is 18. The maximum Gasteiger partial charge on any atom is 0.335 e. The van der Waals surface area contributed by atoms with Crippen LogP contribution >= 0.6 is 0 Å². The van der Waals surface area contributed by atoms with E-state index in [9.17, 15) is 193 Å². The van der Waals surface area contributed by atoms with Gasteiger partial charge in [-0.15, -0.1) is 0 Å². The van der Waals surface area contributed by atoms with Gasteiger partial charge in [-0.05, 0) is 204 Å². The molecule has 0 saturated carbocycles. The van der Waals surface area contributed by atoms with Crippen LogP contribution in [-0.4, -0.2) is 247 Å². The van der Waals surface area contributed by atoms with E-state index >= 15 is 0 Å². The molecule has 0 fully saturated rings. The molecule has 53 nitrogen and oxygen atoms in total. The van der Waals surface area contributed by atoms with Gasteiger partial charge in [-0.2, -0.15) is 19.9 Å². The van der Waals surface area contributed by atoms with Gasteiger partial charge in [-0.1, -0.05) is 0 Å². The van der Waals surface area contributed by atoms with Gasteiger partial charge in [0.2, 0.25) is 41.1 Å². The minimum absolute atomic E-state index is 0.0647. The predicted octanol–water partition coefficient (Wildman–Crippen LogP) is 9.90. The number of carbonyl (C=O) groups excluding carboxylic acids is 3. The normalized spacial score (nSPS) is 10.4. The molecule has 2 aromatic heterocycles. The molecular weight excluding hydrogens is 1920 g/mol. The minimum Gasteiger partial charge on any atom is -0.489 e. The molecule has 0 aliphatic rings. The molecule has 0 aliphatic carbocycles. The van der Waals surface area contributed by atoms with Crippen LogP contribution in [0.5, 0.6) is 17.2 Å². The van der Waals surface area contributed by atoms with E-state index in [0.29, 0.717) is 16.7 Å². The summed E-state index contributed by atoms with van der Waals surface area (Å²) in [6, 6.07) is 31.5. The number of ether oxygens (including phenoxy) is 3. The number of aromatic carboxylic acids is 18. The van der Waals surface area contributed by atoms with Crippen LogP contribution in [0.25, 0.3) is 0 Å². The number of anilines is 8. The number of hydrogen-bond acceptors (Lipinski definition) is 33. The third kappa shape index (κ3) is 28.4. The second kappa shape index (κ2) is 45.0. The number of aromatic nitrogens is 6. The Bertz CT molecular complexity index is 6490. The van der Waals surface area contributed by atoms with Crippen molar-refractivity contribution in [1.29, 1.82) is 0 Å². The second-order valence-corrected chi connectivity index (χ2v) is 29.2. The quantitative estimate of drug-likeness (QED) is 0.0159. The lowest BCUT2D eigenvalue weighted by Crippen LogP contribution is -2.25. The van der Waals surface area contributed by atoms with E-state index in [2.05, 4.69) is 56.5 Å². The Balaban J connectivity index is 0.000000222. The summed E-state index contributed by atoms with van der Waals surface area (Å²) in [6.07, 6.45) is -0.779. The van der Waals surface area contributed by atoms with E-state index in [1.165, 1.54) is 0 Å². The summed E-state index contributed by atoms with van der Waals surface area (Å²) in [7, 11) is 0. The molecule has 0 radical (unpaired) electrons. The van der Waals surface area contributed by atoms with Crippen molar-refractivity contribution in [3.63, 3.8) is 0 Å². The molecule has 2 heterocycles. The molecule has 10 aromatic carbocycles. The van der Waals surface area contributed by atoms with E-state index in [0.717, 1.165) is 164 Å². The fraction of sp³-hybridized carbons (Fsp3) is 0.0440. The van der Waals surface area contributed by atoms with E-state index in [1.807, 2.05) is 0 Å². The van der Waals surface area contributed by atoms with Crippen molar-refractivity contribution in [2.24, 2.45) is 0 Å². The van der Waals surface area contributed by atoms with Crippen molar-refractivity contribution in [2.45, 2.75) is 26.2 Å². The van der Waals surface area contributed by atoms with Crippen molar-refractivity contribution in [1.82, 2.24) is 29.9 Å². The molecule has 53 heteroatoms. The van der Waals surface area contributed by atoms with Crippen LogP contribution in [0.3, 0.4) is 0 Å². The Morgan fingerprint density at radius 2 is 0.354 bits per heavy atom. The van der Waals surface area contributed by atoms with E-state index in [4.69, 9.17) is 14.2 Å². The number of ketones is 1. The summed E-state index contributed by atoms with van der Waals surface area (Å²) >= 11 is 0. The van der Waals surface area contributed by atoms with Gasteiger partial charge in [0, 0.05) is 34.9 Å². The summed E-state index contributed by atoms with van der Waals surface area (Å²) in [5.41, 5.74) is -7.50. The Hall–Kier alpha value is -21.9. The molecule has 0 saturated heterocycles. The fourth-order valence-electron chi connectivity index (χ4n) is 12.4. The Labute approximate surface area is 796 Å². The lowest BCUT2D eigenvalue weighted by atomic mass is 10.0. The first-order valence-electron chi connectivity index (χ1n) is 39.3. The average Bonchev–Trinajstić information content (AvgIpc) is 0.797. The third-order valence-electron chi connectivity index (χ3n) is 18.7. The van der Waals surface area contributed by atoms with Crippen LogP contribution in [0.1, 0.15) is 241 Å². The van der Waals surface area contributed by atoms with Gasteiger partial charge < -0.3 is 133 Å². The monoisotopic (exact) mass is 1980 g/mol. The standard InChI is InChI=1S/C33H24O15.C31H19N5O15.C27H18N6O12/c34-28(35)19-4-20(29(36)37)8-25(7-19)46-13-16-1-17(14-47-26-9-21(30(38)39)5-22(10-26)31(40)41)3-18(2-16)15-48-27-11-23(32(42)43)6-24(12-27)33(44)45;37-20(3-11-1-12(26(40)41)4-13(2-11)27(42)43)21-34-22(24(38)32-18-7-14(28(44)45)5-15(8-18)29(46)47)36-23(35-21)25(39)33-19-9-16(30(48)49)6-17(10-19)31(50)51;34-19(35)10-1-11(20(36)37)5-16(4-10)28-25-31-26(29-17-6-12(21(38)39)2-13(7-17)22(40)41)33-27(32-25)30-18-8-14(23(42)43)3-15(9-18)24(44)45/h1-12H,13-15H2,(H,34,35)(H,36,37)(H,38,39)(H,40,41)(H,42,43)(H,44,45);1-2,4-10H,3H2,(H,32,38)(H,33,39)(H,40,41)(H,42,43)(H,44,45)(H,46,47)(H,48,49)(H,50,51);1-9H,(H,34,35)(H,36,37)(H,38,39)(H,40,41)(H,42,43)(H,44,45)(H3,28,29,30,31,32,33). The Kier molecular flexibility index (Phi) is 32.5. The zero-order valence-corrected chi connectivity index (χ0v) is 71.7. The van der Waals surface area contributed by atoms with Crippen molar-refractivity contribution in [3.8, 4) is 17.2 Å². The van der Waals surface area contributed by atoms with Crippen molar-refractivity contribution >= 4 is 171 Å². The number of carbonyl (C=O) groups is 21. The van der Waals surface area contributed by atoms with Crippen LogP contribution in [0.4, 0.5) is 46.3 Å². The maximum absolute atomic E-state index is 13.3. The molecule has 732 valence electrons. The van der Waals surface area contributed by atoms with Gasteiger partial charge in [0.1, 0.15) is 37.1 Å². The molecule has 0 aliphatic heterocycles. The molecule has 0 atom stereocenters. The molecule has 0 bridgehead atoms. The van der Waals surface area contributed by atoms with Gasteiger partial charge >= 0.3 is 107 Å². The van der Waals surface area contributed by atoms with E-state index in [-0.39, 0.29) is 111 Å². The predicted molar refractivity (Wildman–Crippen MR) is 476 cm³/mol. The van der Waals surface area contributed by atoms with Gasteiger partial charge in [0.15, 0.2) is 0 Å². The molecule has 0 unspecified atom stereocenters. The van der Waals surface area contributed by atoms with Crippen molar-refractivity contribution < 1.29 is 207 Å². The van der Waals surface area contributed by atoms with Crippen LogP contribution in [0, 0.1) is 0 Å². The van der Waals surface area contributed by atoms with Gasteiger partial charge in [-0.25, -0.2) is 96.3 Å². The number of hydrogen-bond donors (Lipinski definition) is 23. The summed E-state index contributed by atoms with van der Waals surface area (Å²) in [4.78, 5) is 271. The summed E-state index contributed by atoms with van der Waals surface area (Å²) in [6.45, 7) is -0.672. The SMILES string of the molecule is O=C(O)c1cc(CC(=O)c2nc(C(=O)Nc3cc(C(=O)O)cc(C(=O)O)c3)nc(C(=O)Nc3cc(C(=O)O)cc(C(=O)O)c3)n2)cc(C(=O)O)c1.O=C(O)c1cc(Nc2nc(Nc3cc(C(=O)O)cc(C(=O)O)c3)nc(Nc3cc(C(=O)O)cc(C(=O)O)c3)n2)cc(C(=O)O)c1.O=C(O)c1cc(OCc2cc(COc3cc(C(=O)O)cc(C(=O)O)c3)cc(COc3cc(C(=O)O)cc(C(=O)O)c3)c2)cc(C(=O)O)c1. The highest BCUT2D eigenvalue weighted by Gasteiger charge is 2.28. The molecule has 0 spiro atoms. The smallest absolute Gasteiger partial charge is 0.335 e. The maximum atomic E-state index is 13.3. The van der Waals surface area contributed by atoms with Crippen molar-refractivity contribution in [3.05, 3.63) is 322 Å². The number of rotatable bonds is 40. The number of carboxylic acids is 18. The number of nitrogens with zero attached hydrogens (tertiary/aromatic N) is 6. The van der Waals surface area contributed by atoms with Crippen molar-refractivity contribution in [2.75, 3.05) is 26.6 Å². The van der Waals surface area contributed by atoms with Gasteiger partial charge in [0.05, 0.1) is 100 Å². The Morgan fingerprint density at radius 1 is 0.188 bits per heavy atom. The first-order valence-corrected chi connectivity index (χ1v) is 39.3. The molecule has 144 heavy (non-hydrogen) atoms. The van der Waals surface area contributed by atoms with Crippen LogP contribution in [0.2, 0.25) is 0 Å².